The molecule has 2 amide bonds. The zero-order valence-corrected chi connectivity index (χ0v) is 25.2. The van der Waals surface area contributed by atoms with Gasteiger partial charge in [0.1, 0.15) is 10.8 Å². The molecule has 0 fully saturated rings. The first kappa shape index (κ1) is 29.4. The Bertz CT molecular complexity index is 1720. The highest BCUT2D eigenvalue weighted by Gasteiger charge is 2.31. The molecule has 4 aromatic rings. The third-order valence-electron chi connectivity index (χ3n) is 7.08. The van der Waals surface area contributed by atoms with Crippen molar-refractivity contribution in [3.8, 4) is 16.3 Å². The van der Waals surface area contributed by atoms with Crippen LogP contribution in [-0.2, 0) is 16.4 Å². The van der Waals surface area contributed by atoms with E-state index in [1.807, 2.05) is 24.3 Å². The van der Waals surface area contributed by atoms with E-state index < -0.39 is 21.7 Å². The van der Waals surface area contributed by atoms with E-state index in [0.717, 1.165) is 34.2 Å². The van der Waals surface area contributed by atoms with Crippen LogP contribution in [0.2, 0.25) is 0 Å². The van der Waals surface area contributed by atoms with Crippen molar-refractivity contribution in [3.05, 3.63) is 88.9 Å². The van der Waals surface area contributed by atoms with Crippen LogP contribution in [-0.4, -0.2) is 56.4 Å². The van der Waals surface area contributed by atoms with Gasteiger partial charge in [0.05, 0.1) is 34.2 Å². The predicted molar refractivity (Wildman–Crippen MR) is 163 cm³/mol. The minimum Gasteiger partial charge on any atom is -0.494 e. The van der Waals surface area contributed by atoms with Crippen molar-refractivity contribution in [1.29, 1.82) is 0 Å². The predicted octanol–water partition coefficient (Wildman–Crippen LogP) is 5.25. The number of hydrogen-bond donors (Lipinski definition) is 2. The van der Waals surface area contributed by atoms with Gasteiger partial charge in [-0.1, -0.05) is 12.1 Å². The molecule has 0 bridgehead atoms. The Morgan fingerprint density at radius 2 is 1.83 bits per heavy atom. The Morgan fingerprint density at radius 1 is 1.07 bits per heavy atom. The van der Waals surface area contributed by atoms with Crippen molar-refractivity contribution in [3.63, 3.8) is 0 Å². The Labute approximate surface area is 249 Å². The summed E-state index contributed by atoms with van der Waals surface area (Å²) in [7, 11) is -1.83. The van der Waals surface area contributed by atoms with Crippen LogP contribution < -0.4 is 15.4 Å². The Morgan fingerprint density at radius 3 is 2.60 bits per heavy atom. The second-order valence-electron chi connectivity index (χ2n) is 10.3. The lowest BCUT2D eigenvalue weighted by atomic mass is 10.1. The molecule has 0 unspecified atom stereocenters. The first-order chi connectivity index (χ1) is 20.1. The van der Waals surface area contributed by atoms with Crippen molar-refractivity contribution >= 4 is 38.7 Å². The van der Waals surface area contributed by atoms with Gasteiger partial charge >= 0.3 is 0 Å². The van der Waals surface area contributed by atoms with Gasteiger partial charge in [-0.05, 0) is 81.9 Å². The molecule has 0 saturated heterocycles. The van der Waals surface area contributed by atoms with Gasteiger partial charge in [0.15, 0.2) is 0 Å². The van der Waals surface area contributed by atoms with Crippen LogP contribution in [0.3, 0.4) is 0 Å². The number of anilines is 1. The molecule has 0 spiro atoms. The first-order valence-electron chi connectivity index (χ1n) is 13.6. The number of amides is 2. The highest BCUT2D eigenvalue weighted by molar-refractivity contribution is 7.91. The summed E-state index contributed by atoms with van der Waals surface area (Å²) in [5.74, 6) is -0.136. The molecular formula is C31H32N4O5S2. The number of carbonyl (C=O) groups excluding carboxylic acids is 2. The van der Waals surface area contributed by atoms with E-state index in [-0.39, 0.29) is 33.2 Å². The Hall–Kier alpha value is -4.06. The lowest BCUT2D eigenvalue weighted by Crippen LogP contribution is -2.28. The average Bonchev–Trinajstić information content (AvgIpc) is 3.44. The maximum Gasteiger partial charge on any atom is 0.257 e. The normalized spacial score (nSPS) is 13.7. The van der Waals surface area contributed by atoms with Gasteiger partial charge in [0, 0.05) is 34.8 Å². The van der Waals surface area contributed by atoms with E-state index in [9.17, 15) is 18.0 Å². The zero-order valence-electron chi connectivity index (χ0n) is 23.6. The molecule has 9 nitrogen and oxygen atoms in total. The molecule has 5 rings (SSSR count). The van der Waals surface area contributed by atoms with Crippen molar-refractivity contribution in [2.24, 2.45) is 0 Å². The van der Waals surface area contributed by atoms with Crippen molar-refractivity contribution < 1.29 is 22.7 Å². The van der Waals surface area contributed by atoms with Crippen LogP contribution in [0.15, 0.2) is 82.7 Å². The number of rotatable bonds is 10. The fraction of sp³-hybridized carbons (Fsp3) is 0.258. The van der Waals surface area contributed by atoms with E-state index in [1.165, 1.54) is 41.7 Å². The van der Waals surface area contributed by atoms with Crippen LogP contribution >= 0.6 is 11.3 Å². The van der Waals surface area contributed by atoms with Crippen molar-refractivity contribution in [1.82, 2.24) is 15.2 Å². The summed E-state index contributed by atoms with van der Waals surface area (Å²) >= 11 is 1.47. The molecule has 0 radical (unpaired) electrons. The van der Waals surface area contributed by atoms with Gasteiger partial charge in [0.25, 0.3) is 11.8 Å². The van der Waals surface area contributed by atoms with Crippen LogP contribution in [0.4, 0.5) is 5.69 Å². The lowest BCUT2D eigenvalue weighted by molar-refractivity contribution is 0.0949. The number of nitrogens with one attached hydrogen (secondary N) is 2. The fourth-order valence-electron chi connectivity index (χ4n) is 4.45. The standard InChI is InChI=1S/C31H32N4O5S2/c1-20(2)35(3)15-6-16-40-23-12-9-21(10-13-23)31-33-19-24(41-31)18-32-29(36)22-11-14-28-26(17-22)34-30(37)25-7-4-5-8-27(25)42(28,38)39/h4-5,7-14,17,19-20H,6,15-16,18H2,1-3H3,(H,32,36)(H,34,37). The summed E-state index contributed by atoms with van der Waals surface area (Å²) in [5.41, 5.74) is 1.31. The molecule has 2 heterocycles. The second kappa shape index (κ2) is 12.4. The summed E-state index contributed by atoms with van der Waals surface area (Å²) < 4.78 is 32.2. The number of carbonyl (C=O) groups is 2. The third kappa shape index (κ3) is 6.38. The van der Waals surface area contributed by atoms with E-state index in [2.05, 4.69) is 41.4 Å². The van der Waals surface area contributed by atoms with Crippen molar-refractivity contribution in [2.75, 3.05) is 25.5 Å². The highest BCUT2D eigenvalue weighted by Crippen LogP contribution is 2.34. The van der Waals surface area contributed by atoms with Crippen LogP contribution in [0, 0.1) is 0 Å². The topological polar surface area (TPSA) is 118 Å². The monoisotopic (exact) mass is 604 g/mol. The molecule has 1 aliphatic rings. The number of ether oxygens (including phenoxy) is 1. The largest absolute Gasteiger partial charge is 0.494 e. The lowest BCUT2D eigenvalue weighted by Gasteiger charge is -2.20. The number of hydrogen-bond acceptors (Lipinski definition) is 8. The van der Waals surface area contributed by atoms with Crippen molar-refractivity contribution in [2.45, 2.75) is 42.6 Å². The summed E-state index contributed by atoms with van der Waals surface area (Å²) in [4.78, 5) is 33.2. The van der Waals surface area contributed by atoms with Crippen LogP contribution in [0.1, 0.15) is 45.9 Å². The summed E-state index contributed by atoms with van der Waals surface area (Å²) in [6.07, 6.45) is 2.67. The Kier molecular flexibility index (Phi) is 8.72. The van der Waals surface area contributed by atoms with E-state index in [4.69, 9.17) is 4.74 Å². The molecule has 42 heavy (non-hydrogen) atoms. The third-order valence-corrected chi connectivity index (χ3v) is 10.0. The SMILES string of the molecule is CC(C)N(C)CCCOc1ccc(-c2ncc(CNC(=O)c3ccc4c(c3)NC(=O)c3ccccc3S4(=O)=O)s2)cc1. The van der Waals surface area contributed by atoms with Crippen LogP contribution in [0.5, 0.6) is 5.75 Å². The van der Waals surface area contributed by atoms with E-state index in [1.54, 1.807) is 18.3 Å². The molecule has 1 aliphatic heterocycles. The molecule has 0 atom stereocenters. The smallest absolute Gasteiger partial charge is 0.257 e. The number of sulfone groups is 1. The van der Waals surface area contributed by atoms with Gasteiger partial charge < -0.3 is 20.3 Å². The summed E-state index contributed by atoms with van der Waals surface area (Å²) in [6, 6.07) is 18.5. The van der Waals surface area contributed by atoms with E-state index >= 15 is 0 Å². The summed E-state index contributed by atoms with van der Waals surface area (Å²) in [6.45, 7) is 6.22. The average molecular weight is 605 g/mol. The summed E-state index contributed by atoms with van der Waals surface area (Å²) in [5, 5.41) is 6.31. The first-order valence-corrected chi connectivity index (χ1v) is 15.9. The van der Waals surface area contributed by atoms with Crippen LogP contribution in [0.25, 0.3) is 10.6 Å². The second-order valence-corrected chi connectivity index (χ2v) is 13.3. The number of nitrogens with zero attached hydrogens (tertiary/aromatic N) is 2. The number of benzene rings is 3. The molecule has 11 heteroatoms. The van der Waals surface area contributed by atoms with Gasteiger partial charge in [-0.3, -0.25) is 9.59 Å². The zero-order chi connectivity index (χ0) is 29.9. The molecule has 218 valence electrons. The molecule has 1 aromatic heterocycles. The maximum atomic E-state index is 13.2. The van der Waals surface area contributed by atoms with Gasteiger partial charge in [-0.2, -0.15) is 0 Å². The van der Waals surface area contributed by atoms with Gasteiger partial charge in [-0.15, -0.1) is 11.3 Å². The van der Waals surface area contributed by atoms with Gasteiger partial charge in [-0.25, -0.2) is 13.4 Å². The fourth-order valence-corrected chi connectivity index (χ4v) is 6.90. The highest BCUT2D eigenvalue weighted by atomic mass is 32.2. The number of aromatic nitrogens is 1. The number of thiazole rings is 1. The van der Waals surface area contributed by atoms with Gasteiger partial charge in [0.2, 0.25) is 9.84 Å². The number of fused-ring (bicyclic) bond motifs is 2. The maximum absolute atomic E-state index is 13.2. The quantitative estimate of drug-likeness (QED) is 0.238. The molecule has 0 saturated carbocycles. The molecular weight excluding hydrogens is 572 g/mol. The Balaban J connectivity index is 1.19. The molecule has 3 aromatic carbocycles. The molecule has 0 aliphatic carbocycles. The molecule has 2 N–H and O–H groups in total. The minimum atomic E-state index is -3.94. The van der Waals surface area contributed by atoms with E-state index in [0.29, 0.717) is 12.6 Å². The minimum absolute atomic E-state index is 0.0559.